The molecule has 2 rings (SSSR count). The number of nitrogens with one attached hydrogen (secondary N) is 2. The fraction of sp³-hybridized carbons (Fsp3) is 0.400. The first-order valence-electron chi connectivity index (χ1n) is 7.27. The van der Waals surface area contributed by atoms with Crippen molar-refractivity contribution in [3.63, 3.8) is 0 Å². The summed E-state index contributed by atoms with van der Waals surface area (Å²) in [7, 11) is -3.59. The van der Waals surface area contributed by atoms with Gasteiger partial charge in [0.05, 0.1) is 11.5 Å². The summed E-state index contributed by atoms with van der Waals surface area (Å²) in [5, 5.41) is 3.63. The van der Waals surface area contributed by atoms with Gasteiger partial charge >= 0.3 is 5.97 Å². The van der Waals surface area contributed by atoms with E-state index in [-0.39, 0.29) is 17.0 Å². The molecule has 2 N–H and O–H groups in total. The third kappa shape index (κ3) is 5.31. The summed E-state index contributed by atoms with van der Waals surface area (Å²) in [5.74, 6) is -0.403. The van der Waals surface area contributed by atoms with Crippen molar-refractivity contribution in [2.24, 2.45) is 0 Å². The fourth-order valence-corrected chi connectivity index (χ4v) is 3.66. The predicted molar refractivity (Wildman–Crippen MR) is 87.7 cm³/mol. The average Bonchev–Trinajstić information content (AvgIpc) is 2.93. The minimum atomic E-state index is -3.59. The molecule has 1 aromatic rings. The van der Waals surface area contributed by atoms with E-state index in [0.717, 1.165) is 0 Å². The highest BCUT2D eigenvalue weighted by Gasteiger charge is 2.27. The smallest absolute Gasteiger partial charge is 0.330 e. The van der Waals surface area contributed by atoms with Gasteiger partial charge in [0, 0.05) is 29.7 Å². The van der Waals surface area contributed by atoms with Gasteiger partial charge in [-0.25, -0.2) is 17.9 Å². The van der Waals surface area contributed by atoms with Crippen LogP contribution in [-0.2, 0) is 19.6 Å². The van der Waals surface area contributed by atoms with Crippen LogP contribution >= 0.6 is 11.6 Å². The molecule has 1 heterocycles. The van der Waals surface area contributed by atoms with Crippen LogP contribution in [0.25, 0.3) is 0 Å². The lowest BCUT2D eigenvalue weighted by Gasteiger charge is -2.12. The maximum absolute atomic E-state index is 12.3. The van der Waals surface area contributed by atoms with Crippen LogP contribution in [0.4, 0.5) is 0 Å². The fourth-order valence-electron chi connectivity index (χ4n) is 2.29. The van der Waals surface area contributed by atoms with Gasteiger partial charge in [0.2, 0.25) is 10.0 Å². The molecular weight excluding hydrogens is 340 g/mol. The maximum Gasteiger partial charge on any atom is 0.330 e. The molecule has 1 aromatic carbocycles. The minimum absolute atomic E-state index is 0.0719. The van der Waals surface area contributed by atoms with E-state index in [1.807, 2.05) is 0 Å². The normalized spacial score (nSPS) is 21.7. The number of hydrogen-bond acceptors (Lipinski definition) is 5. The second-order valence-corrected chi connectivity index (χ2v) is 7.28. The van der Waals surface area contributed by atoms with Crippen molar-refractivity contribution in [2.75, 3.05) is 13.2 Å². The molecule has 0 amide bonds. The van der Waals surface area contributed by atoms with Gasteiger partial charge in [0.1, 0.15) is 0 Å². The highest BCUT2D eigenvalue weighted by molar-refractivity contribution is 7.89. The van der Waals surface area contributed by atoms with Crippen molar-refractivity contribution < 1.29 is 17.9 Å². The zero-order valence-corrected chi connectivity index (χ0v) is 14.2. The second kappa shape index (κ2) is 7.92. The van der Waals surface area contributed by atoms with Crippen LogP contribution in [0.3, 0.4) is 0 Å². The lowest BCUT2D eigenvalue weighted by atomic mass is 10.2. The summed E-state index contributed by atoms with van der Waals surface area (Å²) in [6.07, 6.45) is 3.61. The first-order chi connectivity index (χ1) is 10.9. The number of carbonyl (C=O) groups is 1. The average molecular weight is 359 g/mol. The summed E-state index contributed by atoms with van der Waals surface area (Å²) < 4.78 is 32.0. The molecule has 8 heteroatoms. The molecular formula is C15H19ClN2O4S. The Morgan fingerprint density at radius 1 is 1.43 bits per heavy atom. The lowest BCUT2D eigenvalue weighted by Crippen LogP contribution is -2.36. The summed E-state index contributed by atoms with van der Waals surface area (Å²) in [6.45, 7) is 2.55. The largest absolute Gasteiger partial charge is 0.463 e. The molecule has 2 atom stereocenters. The number of hydrogen-bond donors (Lipinski definition) is 2. The van der Waals surface area contributed by atoms with Crippen molar-refractivity contribution in [3.8, 4) is 0 Å². The van der Waals surface area contributed by atoms with Crippen LogP contribution in [0.2, 0.25) is 5.02 Å². The molecule has 1 aliphatic rings. The van der Waals surface area contributed by atoms with E-state index in [1.165, 1.54) is 30.3 Å². The number of sulfonamides is 1. The van der Waals surface area contributed by atoms with Crippen LogP contribution in [0.15, 0.2) is 41.3 Å². The van der Waals surface area contributed by atoms with E-state index in [9.17, 15) is 13.2 Å². The number of carbonyl (C=O) groups excluding carboxylic acids is 1. The van der Waals surface area contributed by atoms with E-state index in [0.29, 0.717) is 24.6 Å². The highest BCUT2D eigenvalue weighted by Crippen LogP contribution is 2.16. The Bertz CT molecular complexity index is 673. The minimum Gasteiger partial charge on any atom is -0.463 e. The molecule has 0 aromatic heterocycles. The molecule has 0 unspecified atom stereocenters. The van der Waals surface area contributed by atoms with Crippen molar-refractivity contribution in [3.05, 3.63) is 41.4 Å². The van der Waals surface area contributed by atoms with E-state index in [1.54, 1.807) is 13.0 Å². The molecule has 1 aliphatic heterocycles. The first kappa shape index (κ1) is 17.9. The number of ether oxygens (including phenoxy) is 1. The molecule has 1 saturated heterocycles. The molecule has 126 valence electrons. The van der Waals surface area contributed by atoms with Crippen LogP contribution in [0.1, 0.15) is 13.3 Å². The SMILES string of the molecule is CCOC(=O)/C=C/[C@@H]1C[C@@H](NS(=O)(=O)c2ccc(Cl)cc2)CN1. The monoisotopic (exact) mass is 358 g/mol. The Morgan fingerprint density at radius 2 is 2.13 bits per heavy atom. The van der Waals surface area contributed by atoms with Crippen LogP contribution in [0, 0.1) is 0 Å². The Labute approximate surface area is 140 Å². The van der Waals surface area contributed by atoms with Crippen LogP contribution < -0.4 is 10.0 Å². The third-order valence-corrected chi connectivity index (χ3v) is 5.15. The van der Waals surface area contributed by atoms with Gasteiger partial charge in [-0.3, -0.25) is 0 Å². The summed E-state index contributed by atoms with van der Waals surface area (Å²) in [4.78, 5) is 11.4. The molecule has 0 spiro atoms. The number of halogens is 1. The molecule has 6 nitrogen and oxygen atoms in total. The van der Waals surface area contributed by atoms with Crippen LogP contribution in [-0.4, -0.2) is 39.6 Å². The molecule has 0 radical (unpaired) electrons. The topological polar surface area (TPSA) is 84.5 Å². The van der Waals surface area contributed by atoms with Gasteiger partial charge in [-0.1, -0.05) is 17.7 Å². The van der Waals surface area contributed by atoms with E-state index in [2.05, 4.69) is 10.0 Å². The summed E-state index contributed by atoms with van der Waals surface area (Å²) in [5.41, 5.74) is 0. The Morgan fingerprint density at radius 3 is 2.78 bits per heavy atom. The van der Waals surface area contributed by atoms with Gasteiger partial charge in [0.25, 0.3) is 0 Å². The highest BCUT2D eigenvalue weighted by atomic mass is 35.5. The molecule has 1 fully saturated rings. The van der Waals surface area contributed by atoms with E-state index < -0.39 is 16.0 Å². The maximum atomic E-state index is 12.3. The van der Waals surface area contributed by atoms with Crippen molar-refractivity contribution in [1.29, 1.82) is 0 Å². The zero-order chi connectivity index (χ0) is 16.9. The predicted octanol–water partition coefficient (Wildman–Crippen LogP) is 1.47. The Hall–Kier alpha value is -1.41. The summed E-state index contributed by atoms with van der Waals surface area (Å²) >= 11 is 5.76. The third-order valence-electron chi connectivity index (χ3n) is 3.36. The standard InChI is InChI=1S/C15H19ClN2O4S/c1-2-22-15(19)8-5-12-9-13(10-17-12)18-23(20,21)14-6-3-11(16)4-7-14/h3-8,12-13,17-18H,2,9-10H2,1H3/b8-5+/t12-,13-/m1/s1. The molecule has 23 heavy (non-hydrogen) atoms. The van der Waals surface area contributed by atoms with E-state index >= 15 is 0 Å². The van der Waals surface area contributed by atoms with Gasteiger partial charge in [0.15, 0.2) is 0 Å². The van der Waals surface area contributed by atoms with Gasteiger partial charge < -0.3 is 10.1 Å². The second-order valence-electron chi connectivity index (χ2n) is 5.13. The summed E-state index contributed by atoms with van der Waals surface area (Å²) in [6, 6.07) is 5.68. The number of esters is 1. The molecule has 0 aliphatic carbocycles. The van der Waals surface area contributed by atoms with Crippen molar-refractivity contribution in [1.82, 2.24) is 10.0 Å². The van der Waals surface area contributed by atoms with Crippen molar-refractivity contribution in [2.45, 2.75) is 30.3 Å². The molecule has 0 bridgehead atoms. The lowest BCUT2D eigenvalue weighted by molar-refractivity contribution is -0.137. The van der Waals surface area contributed by atoms with Gasteiger partial charge in [-0.2, -0.15) is 0 Å². The van der Waals surface area contributed by atoms with Crippen LogP contribution in [0.5, 0.6) is 0 Å². The quantitative estimate of drug-likeness (QED) is 0.594. The Balaban J connectivity index is 1.92. The van der Waals surface area contributed by atoms with Gasteiger partial charge in [-0.15, -0.1) is 0 Å². The molecule has 0 saturated carbocycles. The zero-order valence-electron chi connectivity index (χ0n) is 12.7. The first-order valence-corrected chi connectivity index (χ1v) is 9.13. The van der Waals surface area contributed by atoms with Gasteiger partial charge in [-0.05, 0) is 37.6 Å². The number of benzene rings is 1. The van der Waals surface area contributed by atoms with E-state index in [4.69, 9.17) is 16.3 Å². The Kier molecular flexibility index (Phi) is 6.17. The van der Waals surface area contributed by atoms with Crippen molar-refractivity contribution >= 4 is 27.6 Å². The number of rotatable bonds is 6.